The SMILES string of the molecule is CC(=O)N[C@@H](C)[C@H]1CC[C@@H](c2cccc(F)c2)N1C(=O)CNC(=O)c1ccc(Cc2cc(C)n[nH]c2=O)c(C)c1. The van der Waals surface area contributed by atoms with E-state index in [1.54, 1.807) is 48.2 Å². The lowest BCUT2D eigenvalue weighted by Crippen LogP contribution is -2.51. The zero-order chi connectivity index (χ0) is 29.0. The first-order chi connectivity index (χ1) is 19.0. The molecule has 3 aromatic rings. The van der Waals surface area contributed by atoms with Crippen LogP contribution in [0.4, 0.5) is 4.39 Å². The molecule has 0 spiro atoms. The molecule has 1 aromatic heterocycles. The van der Waals surface area contributed by atoms with Gasteiger partial charge >= 0.3 is 0 Å². The fourth-order valence-electron chi connectivity index (χ4n) is 5.43. The van der Waals surface area contributed by atoms with Crippen LogP contribution < -0.4 is 16.2 Å². The lowest BCUT2D eigenvalue weighted by atomic mass is 9.99. The zero-order valence-corrected chi connectivity index (χ0v) is 23.1. The Morgan fingerprint density at radius 3 is 2.58 bits per heavy atom. The Kier molecular flexibility index (Phi) is 8.77. The van der Waals surface area contributed by atoms with E-state index < -0.39 is 5.91 Å². The first kappa shape index (κ1) is 28.7. The maximum Gasteiger partial charge on any atom is 0.267 e. The van der Waals surface area contributed by atoms with Crippen molar-refractivity contribution >= 4 is 17.7 Å². The van der Waals surface area contributed by atoms with E-state index in [-0.39, 0.29) is 47.9 Å². The maximum absolute atomic E-state index is 14.0. The number of nitrogens with zero attached hydrogens (tertiary/aromatic N) is 2. The van der Waals surface area contributed by atoms with Gasteiger partial charge in [0, 0.05) is 30.5 Å². The molecule has 3 N–H and O–H groups in total. The Bertz CT molecular complexity index is 1490. The average molecular weight is 548 g/mol. The molecule has 210 valence electrons. The van der Waals surface area contributed by atoms with Gasteiger partial charge in [-0.05, 0) is 80.6 Å². The van der Waals surface area contributed by atoms with Crippen molar-refractivity contribution in [3.8, 4) is 0 Å². The molecule has 0 radical (unpaired) electrons. The molecule has 4 rings (SSSR count). The Morgan fingerprint density at radius 2 is 1.88 bits per heavy atom. The van der Waals surface area contributed by atoms with Crippen molar-refractivity contribution in [1.82, 2.24) is 25.7 Å². The fraction of sp³-hybridized carbons (Fsp3) is 0.367. The molecule has 10 heteroatoms. The maximum atomic E-state index is 14.0. The molecule has 1 aliphatic heterocycles. The van der Waals surface area contributed by atoms with Gasteiger partial charge in [-0.1, -0.05) is 18.2 Å². The molecule has 1 aliphatic rings. The van der Waals surface area contributed by atoms with E-state index in [1.807, 2.05) is 13.8 Å². The van der Waals surface area contributed by atoms with Crippen LogP contribution in [0.15, 0.2) is 53.3 Å². The first-order valence-corrected chi connectivity index (χ1v) is 13.3. The highest BCUT2D eigenvalue weighted by Gasteiger charge is 2.40. The van der Waals surface area contributed by atoms with Crippen LogP contribution in [-0.2, 0) is 16.0 Å². The summed E-state index contributed by atoms with van der Waals surface area (Å²) in [7, 11) is 0. The number of carbonyl (C=O) groups is 3. The number of aryl methyl sites for hydroxylation is 2. The van der Waals surface area contributed by atoms with E-state index in [4.69, 9.17) is 0 Å². The summed E-state index contributed by atoms with van der Waals surface area (Å²) in [6.07, 6.45) is 1.64. The quantitative estimate of drug-likeness (QED) is 0.400. The van der Waals surface area contributed by atoms with Crippen LogP contribution in [0.1, 0.15) is 71.0 Å². The molecule has 2 aromatic carbocycles. The fourth-order valence-corrected chi connectivity index (χ4v) is 5.43. The topological polar surface area (TPSA) is 124 Å². The van der Waals surface area contributed by atoms with Crippen molar-refractivity contribution in [3.05, 3.63) is 98.2 Å². The van der Waals surface area contributed by atoms with Crippen molar-refractivity contribution in [2.45, 2.75) is 65.1 Å². The highest BCUT2D eigenvalue weighted by atomic mass is 19.1. The minimum Gasteiger partial charge on any atom is -0.352 e. The standard InChI is InChI=1S/C30H34FN5O4/c1-17-12-23(9-8-21(17)14-24-13-18(2)34-35-30(24)40)29(39)32-16-28(38)36-26(19(3)33-20(4)37)10-11-27(36)22-6-5-7-25(31)15-22/h5-9,12-13,15,19,26-27H,10-11,14,16H2,1-4H3,(H,32,39)(H,33,37)(H,35,40)/t19-,26+,27-/m0/s1. The molecular weight excluding hydrogens is 513 g/mol. The number of likely N-dealkylation sites (tertiary alicyclic amines) is 1. The third-order valence-electron chi connectivity index (χ3n) is 7.35. The third-order valence-corrected chi connectivity index (χ3v) is 7.35. The van der Waals surface area contributed by atoms with E-state index in [0.717, 1.165) is 11.1 Å². The van der Waals surface area contributed by atoms with Crippen LogP contribution in [0.3, 0.4) is 0 Å². The van der Waals surface area contributed by atoms with E-state index in [9.17, 15) is 23.6 Å². The number of benzene rings is 2. The Morgan fingerprint density at radius 1 is 1.10 bits per heavy atom. The molecule has 9 nitrogen and oxygen atoms in total. The second-order valence-electron chi connectivity index (χ2n) is 10.4. The largest absolute Gasteiger partial charge is 0.352 e. The van der Waals surface area contributed by atoms with Crippen LogP contribution in [0.2, 0.25) is 0 Å². The smallest absolute Gasteiger partial charge is 0.267 e. The van der Waals surface area contributed by atoms with Gasteiger partial charge in [0.15, 0.2) is 0 Å². The molecule has 2 heterocycles. The minimum absolute atomic E-state index is 0.204. The van der Waals surface area contributed by atoms with Crippen LogP contribution in [-0.4, -0.2) is 51.4 Å². The number of hydrogen-bond acceptors (Lipinski definition) is 5. The normalized spacial score (nSPS) is 17.4. The molecule has 40 heavy (non-hydrogen) atoms. The van der Waals surface area contributed by atoms with Crippen LogP contribution >= 0.6 is 0 Å². The summed E-state index contributed by atoms with van der Waals surface area (Å²) < 4.78 is 14.0. The van der Waals surface area contributed by atoms with Gasteiger partial charge in [-0.15, -0.1) is 0 Å². The minimum atomic E-state index is -0.409. The lowest BCUT2D eigenvalue weighted by Gasteiger charge is -2.34. The molecule has 1 fully saturated rings. The molecule has 1 saturated heterocycles. The number of halogens is 1. The summed E-state index contributed by atoms with van der Waals surface area (Å²) in [6, 6.07) is 12.1. The molecule has 0 saturated carbocycles. The predicted octanol–water partition coefficient (Wildman–Crippen LogP) is 3.10. The molecule has 0 bridgehead atoms. The van der Waals surface area contributed by atoms with Crippen molar-refractivity contribution in [3.63, 3.8) is 0 Å². The van der Waals surface area contributed by atoms with E-state index >= 15 is 0 Å². The molecule has 3 amide bonds. The molecule has 3 atom stereocenters. The number of rotatable bonds is 8. The number of H-pyrrole nitrogens is 1. The summed E-state index contributed by atoms with van der Waals surface area (Å²) in [4.78, 5) is 52.0. The van der Waals surface area contributed by atoms with Crippen molar-refractivity contribution in [2.24, 2.45) is 0 Å². The van der Waals surface area contributed by atoms with E-state index in [1.165, 1.54) is 19.1 Å². The van der Waals surface area contributed by atoms with Gasteiger partial charge in [-0.25, -0.2) is 9.49 Å². The summed E-state index contributed by atoms with van der Waals surface area (Å²) >= 11 is 0. The van der Waals surface area contributed by atoms with Crippen LogP contribution in [0.25, 0.3) is 0 Å². The van der Waals surface area contributed by atoms with Crippen molar-refractivity contribution < 1.29 is 18.8 Å². The molecular formula is C30H34FN5O4. The van der Waals surface area contributed by atoms with Gasteiger partial charge in [0.2, 0.25) is 11.8 Å². The molecule has 0 aliphatic carbocycles. The van der Waals surface area contributed by atoms with Crippen molar-refractivity contribution in [2.75, 3.05) is 6.54 Å². The number of aromatic amines is 1. The predicted molar refractivity (Wildman–Crippen MR) is 148 cm³/mol. The average Bonchev–Trinajstić information content (AvgIpc) is 3.35. The highest BCUT2D eigenvalue weighted by molar-refractivity contribution is 5.96. The van der Waals surface area contributed by atoms with Crippen molar-refractivity contribution in [1.29, 1.82) is 0 Å². The van der Waals surface area contributed by atoms with Gasteiger partial charge in [-0.2, -0.15) is 5.10 Å². The first-order valence-electron chi connectivity index (χ1n) is 13.3. The Hall–Kier alpha value is -4.34. The number of carbonyl (C=O) groups excluding carboxylic acids is 3. The van der Waals surface area contributed by atoms with Gasteiger partial charge < -0.3 is 15.5 Å². The van der Waals surface area contributed by atoms with Gasteiger partial charge in [0.05, 0.1) is 24.3 Å². The summed E-state index contributed by atoms with van der Waals surface area (Å²) in [5, 5.41) is 12.0. The summed E-state index contributed by atoms with van der Waals surface area (Å²) in [5.41, 5.74) is 3.83. The molecule has 0 unspecified atom stereocenters. The van der Waals surface area contributed by atoms with Gasteiger partial charge in [0.25, 0.3) is 11.5 Å². The summed E-state index contributed by atoms with van der Waals surface area (Å²) in [6.45, 7) is 6.67. The summed E-state index contributed by atoms with van der Waals surface area (Å²) in [5.74, 6) is -1.32. The number of nitrogens with one attached hydrogen (secondary N) is 3. The second kappa shape index (κ2) is 12.2. The monoisotopic (exact) mass is 547 g/mol. The number of amides is 3. The van der Waals surface area contributed by atoms with Crippen LogP contribution in [0.5, 0.6) is 0 Å². The number of aromatic nitrogens is 2. The number of hydrogen-bond donors (Lipinski definition) is 3. The van der Waals surface area contributed by atoms with E-state index in [2.05, 4.69) is 20.8 Å². The lowest BCUT2D eigenvalue weighted by molar-refractivity contribution is -0.134. The Labute approximate surface area is 232 Å². The Balaban J connectivity index is 1.47. The van der Waals surface area contributed by atoms with Gasteiger partial charge in [-0.3, -0.25) is 19.2 Å². The van der Waals surface area contributed by atoms with E-state index in [0.29, 0.717) is 41.6 Å². The zero-order valence-electron chi connectivity index (χ0n) is 23.1. The van der Waals surface area contributed by atoms with Gasteiger partial charge in [0.1, 0.15) is 5.82 Å². The van der Waals surface area contributed by atoms with Crippen LogP contribution in [0, 0.1) is 19.7 Å². The highest BCUT2D eigenvalue weighted by Crippen LogP contribution is 2.37. The second-order valence-corrected chi connectivity index (χ2v) is 10.4. The third kappa shape index (κ3) is 6.62.